The molecule has 1 aliphatic rings. The third-order valence-electron chi connectivity index (χ3n) is 12.9. The van der Waals surface area contributed by atoms with Crippen LogP contribution in [-0.2, 0) is 28.5 Å². The van der Waals surface area contributed by atoms with Gasteiger partial charge in [0.2, 0.25) is 0 Å². The van der Waals surface area contributed by atoms with Gasteiger partial charge in [0.1, 0.15) is 23.7 Å². The summed E-state index contributed by atoms with van der Waals surface area (Å²) in [5, 5.41) is 0. The molecule has 2 aromatic carbocycles. The van der Waals surface area contributed by atoms with Crippen molar-refractivity contribution in [3.63, 3.8) is 0 Å². The lowest BCUT2D eigenvalue weighted by Gasteiger charge is -2.30. The zero-order valence-electron chi connectivity index (χ0n) is 42.6. The predicted octanol–water partition coefficient (Wildman–Crippen LogP) is 14.2. The molecule has 0 saturated heterocycles. The van der Waals surface area contributed by atoms with Crippen LogP contribution in [0.4, 0.5) is 0 Å². The smallest absolute Gasteiger partial charge is 0.338 e. The van der Waals surface area contributed by atoms with E-state index in [0.29, 0.717) is 50.4 Å². The molecular weight excluding hydrogens is 909 g/mol. The highest BCUT2D eigenvalue weighted by Gasteiger charge is 2.32. The van der Waals surface area contributed by atoms with Gasteiger partial charge in [-0.15, -0.1) is 0 Å². The van der Waals surface area contributed by atoms with Gasteiger partial charge in [0.15, 0.2) is 0 Å². The van der Waals surface area contributed by atoms with Crippen molar-refractivity contribution in [1.82, 2.24) is 9.97 Å². The lowest BCUT2D eigenvalue weighted by atomic mass is 9.94. The minimum absolute atomic E-state index is 0.345. The molecule has 1 saturated carbocycles. The molecular formula is C60H78N2O10. The van der Waals surface area contributed by atoms with Gasteiger partial charge in [0, 0.05) is 23.3 Å². The number of carbonyl (C=O) groups excluding carboxylic acids is 4. The Morgan fingerprint density at radius 3 is 1.06 bits per heavy atom. The van der Waals surface area contributed by atoms with E-state index in [4.69, 9.17) is 28.4 Å². The fourth-order valence-corrected chi connectivity index (χ4v) is 8.65. The number of unbranched alkanes of at least 4 members (excludes halogenated alkanes) is 18. The lowest BCUT2D eigenvalue weighted by Crippen LogP contribution is -2.37. The van der Waals surface area contributed by atoms with Crippen molar-refractivity contribution in [3.8, 4) is 34.0 Å². The average molecular weight is 987 g/mol. The predicted molar refractivity (Wildman–Crippen MR) is 282 cm³/mol. The molecule has 2 heterocycles. The van der Waals surface area contributed by atoms with Crippen LogP contribution in [0.5, 0.6) is 11.5 Å². The highest BCUT2D eigenvalue weighted by molar-refractivity contribution is 5.91. The number of carbonyl (C=O) groups is 4. The fraction of sp³-hybridized carbons (Fsp3) is 0.500. The zero-order chi connectivity index (χ0) is 50.9. The second-order valence-electron chi connectivity index (χ2n) is 18.6. The molecule has 5 rings (SSSR count). The summed E-state index contributed by atoms with van der Waals surface area (Å²) < 4.78 is 33.8. The van der Waals surface area contributed by atoms with E-state index in [0.717, 1.165) is 98.2 Å². The Morgan fingerprint density at radius 2 is 0.750 bits per heavy atom. The minimum atomic E-state index is -0.537. The number of esters is 4. The van der Waals surface area contributed by atoms with Crippen molar-refractivity contribution < 1.29 is 47.6 Å². The molecule has 2 aromatic heterocycles. The summed E-state index contributed by atoms with van der Waals surface area (Å²) >= 11 is 0. The molecule has 0 spiro atoms. The summed E-state index contributed by atoms with van der Waals surface area (Å²) in [6.45, 7) is 9.07. The molecule has 0 aliphatic heterocycles. The Kier molecular flexibility index (Phi) is 26.8. The third-order valence-corrected chi connectivity index (χ3v) is 12.9. The molecule has 12 nitrogen and oxygen atoms in total. The number of nitrogens with zero attached hydrogens (tertiary/aromatic N) is 2. The van der Waals surface area contributed by atoms with Crippen molar-refractivity contribution in [3.05, 3.63) is 122 Å². The molecule has 0 radical (unpaired) electrons. The fourth-order valence-electron chi connectivity index (χ4n) is 8.65. The van der Waals surface area contributed by atoms with Crippen molar-refractivity contribution in [1.29, 1.82) is 0 Å². The van der Waals surface area contributed by atoms with Gasteiger partial charge in [0.25, 0.3) is 0 Å². The third kappa shape index (κ3) is 22.0. The molecule has 0 bridgehead atoms. The van der Waals surface area contributed by atoms with Crippen LogP contribution in [0.25, 0.3) is 22.5 Å². The van der Waals surface area contributed by atoms with Crippen LogP contribution < -0.4 is 9.47 Å². The van der Waals surface area contributed by atoms with Crippen molar-refractivity contribution in [2.45, 2.75) is 166 Å². The first-order valence-corrected chi connectivity index (χ1v) is 26.7. The molecule has 2 atom stereocenters. The molecule has 72 heavy (non-hydrogen) atoms. The van der Waals surface area contributed by atoms with Crippen molar-refractivity contribution in [2.24, 2.45) is 0 Å². The van der Waals surface area contributed by atoms with E-state index in [2.05, 4.69) is 23.1 Å². The molecule has 4 aromatic rings. The zero-order valence-corrected chi connectivity index (χ0v) is 42.6. The molecule has 0 N–H and O–H groups in total. The molecule has 388 valence electrons. The number of ether oxygens (including phenoxy) is 6. The van der Waals surface area contributed by atoms with E-state index in [1.807, 2.05) is 48.5 Å². The monoisotopic (exact) mass is 987 g/mol. The average Bonchev–Trinajstić information content (AvgIpc) is 3.41. The van der Waals surface area contributed by atoms with Gasteiger partial charge in [-0.3, -0.25) is 9.97 Å². The van der Waals surface area contributed by atoms with Crippen LogP contribution in [0.2, 0.25) is 0 Å². The van der Waals surface area contributed by atoms with E-state index in [9.17, 15) is 19.2 Å². The molecule has 0 amide bonds. The quantitative estimate of drug-likeness (QED) is 0.0185. The summed E-state index contributed by atoms with van der Waals surface area (Å²) in [4.78, 5) is 58.0. The van der Waals surface area contributed by atoms with Crippen LogP contribution in [0.15, 0.2) is 111 Å². The number of hydrogen-bond donors (Lipinski definition) is 0. The topological polar surface area (TPSA) is 149 Å². The standard InChI is InChI=1S/C60H78N2O10/c1-3-57(63)69-43-25-19-15-11-7-5-9-13-17-23-41-67-51-37-39-53(61-45-51)47-29-33-49(34-30-47)59(65)71-55-27-21-22-28-56(55)72-60(66)50-35-31-48(32-36-50)54-40-38-52(46-62-54)68-42-24-18-14-10-6-8-12-16-20-26-44-70-58(64)4-2/h3-4,29-40,45-46,55-56H,1-2,5-28,41-44H2/t55-,56-/m1/s1. The maximum absolute atomic E-state index is 13.3. The highest BCUT2D eigenvalue weighted by atomic mass is 16.6. The number of pyridine rings is 2. The highest BCUT2D eigenvalue weighted by Crippen LogP contribution is 2.28. The van der Waals surface area contributed by atoms with E-state index in [-0.39, 0.29) is 11.9 Å². The van der Waals surface area contributed by atoms with Gasteiger partial charge in [-0.25, -0.2) is 19.2 Å². The van der Waals surface area contributed by atoms with Crippen LogP contribution in [0.3, 0.4) is 0 Å². The molecule has 1 fully saturated rings. The number of benzene rings is 2. The van der Waals surface area contributed by atoms with Crippen molar-refractivity contribution >= 4 is 23.9 Å². The second-order valence-corrected chi connectivity index (χ2v) is 18.6. The van der Waals surface area contributed by atoms with Crippen molar-refractivity contribution in [2.75, 3.05) is 26.4 Å². The maximum atomic E-state index is 13.3. The summed E-state index contributed by atoms with van der Waals surface area (Å²) in [5.41, 5.74) is 4.13. The Morgan fingerprint density at radius 1 is 0.431 bits per heavy atom. The summed E-state index contributed by atoms with van der Waals surface area (Å²) in [5.74, 6) is -0.133. The van der Waals surface area contributed by atoms with Gasteiger partial charge in [-0.05, 0) is 99.9 Å². The minimum Gasteiger partial charge on any atom is -0.492 e. The van der Waals surface area contributed by atoms with Gasteiger partial charge < -0.3 is 28.4 Å². The van der Waals surface area contributed by atoms with Crippen LogP contribution in [0.1, 0.15) is 175 Å². The number of hydrogen-bond acceptors (Lipinski definition) is 12. The number of aromatic nitrogens is 2. The molecule has 1 aliphatic carbocycles. The Labute approximate surface area is 428 Å². The van der Waals surface area contributed by atoms with Gasteiger partial charge in [0.05, 0.1) is 61.3 Å². The molecule has 12 heteroatoms. The van der Waals surface area contributed by atoms with Gasteiger partial charge >= 0.3 is 23.9 Å². The summed E-state index contributed by atoms with van der Waals surface area (Å²) in [6, 6.07) is 22.1. The maximum Gasteiger partial charge on any atom is 0.338 e. The summed E-state index contributed by atoms with van der Waals surface area (Å²) in [7, 11) is 0. The lowest BCUT2D eigenvalue weighted by molar-refractivity contribution is -0.138. The van der Waals surface area contributed by atoms with E-state index < -0.39 is 24.1 Å². The SMILES string of the molecule is C=CC(=O)OCCCCCCCCCCCCOc1ccc(-c2ccc(C(=O)O[C@@H]3CCCC[C@H]3OC(=O)c3ccc(-c4ccc(OCCCCCCCCCCCCOC(=O)C=C)cn4)cc3)cc2)nc1. The second kappa shape index (κ2) is 34.1. The van der Waals surface area contributed by atoms with E-state index in [1.165, 1.54) is 89.2 Å². The normalized spacial score (nSPS) is 14.2. The van der Waals surface area contributed by atoms with Crippen LogP contribution >= 0.6 is 0 Å². The van der Waals surface area contributed by atoms with E-state index >= 15 is 0 Å². The molecule has 0 unspecified atom stereocenters. The summed E-state index contributed by atoms with van der Waals surface area (Å²) in [6.07, 6.45) is 30.7. The first kappa shape index (κ1) is 56.6. The first-order valence-electron chi connectivity index (χ1n) is 26.7. The van der Waals surface area contributed by atoms with E-state index in [1.54, 1.807) is 36.7 Å². The van der Waals surface area contributed by atoms with Crippen LogP contribution in [0, 0.1) is 0 Å². The largest absolute Gasteiger partial charge is 0.492 e. The van der Waals surface area contributed by atoms with Gasteiger partial charge in [-0.1, -0.05) is 140 Å². The first-order chi connectivity index (χ1) is 35.3. The Bertz CT molecular complexity index is 2030. The van der Waals surface area contributed by atoms with Crippen LogP contribution in [-0.4, -0.2) is 72.5 Å². The Balaban J connectivity index is 0.927. The Hall–Kier alpha value is -6.30. The van der Waals surface area contributed by atoms with Gasteiger partial charge in [-0.2, -0.15) is 0 Å². The number of rotatable bonds is 36.